The second-order valence-electron chi connectivity index (χ2n) is 8.30. The summed E-state index contributed by atoms with van der Waals surface area (Å²) in [4.78, 5) is 22.3. The highest BCUT2D eigenvalue weighted by molar-refractivity contribution is 5.69. The molecule has 0 amide bonds. The van der Waals surface area contributed by atoms with Gasteiger partial charge in [-0.2, -0.15) is 0 Å². The molecule has 2 saturated heterocycles. The Morgan fingerprint density at radius 2 is 1.63 bits per heavy atom. The summed E-state index contributed by atoms with van der Waals surface area (Å²) in [5, 5.41) is 0. The van der Waals surface area contributed by atoms with E-state index >= 15 is 0 Å². The molecule has 2 heterocycles. The van der Waals surface area contributed by atoms with Gasteiger partial charge in [-0.15, -0.1) is 6.58 Å². The molecular weight excluding hydrogens is 380 g/mol. The molecule has 0 unspecified atom stereocenters. The van der Waals surface area contributed by atoms with Crippen LogP contribution in [0.15, 0.2) is 37.0 Å². The molecule has 2 aliphatic rings. The minimum atomic E-state index is -0.258. The molecule has 0 saturated carbocycles. The van der Waals surface area contributed by atoms with Crippen molar-refractivity contribution < 1.29 is 24.0 Å². The summed E-state index contributed by atoms with van der Waals surface area (Å²) >= 11 is 0. The van der Waals surface area contributed by atoms with Crippen molar-refractivity contribution in [1.82, 2.24) is 0 Å². The number of carbonyl (C=O) groups is 1. The summed E-state index contributed by atoms with van der Waals surface area (Å²) in [5.74, 6) is -0.258. The maximum atomic E-state index is 11.3. The zero-order valence-electron chi connectivity index (χ0n) is 18.6. The zero-order chi connectivity index (χ0) is 21.4. The summed E-state index contributed by atoms with van der Waals surface area (Å²) in [6, 6.07) is 0. The first kappa shape index (κ1) is 24.8. The second-order valence-corrected chi connectivity index (χ2v) is 8.30. The molecule has 2 rings (SSSR count). The number of carbonyl (C=O) groups excluding carboxylic acids is 1. The van der Waals surface area contributed by atoms with Gasteiger partial charge in [-0.05, 0) is 57.8 Å². The molecule has 2 aliphatic heterocycles. The van der Waals surface area contributed by atoms with E-state index in [0.29, 0.717) is 6.10 Å². The van der Waals surface area contributed by atoms with E-state index in [4.69, 9.17) is 14.5 Å². The maximum Gasteiger partial charge on any atom is 0.308 e. The highest BCUT2D eigenvalue weighted by Crippen LogP contribution is 2.32. The summed E-state index contributed by atoms with van der Waals surface area (Å²) < 4.78 is 10.9. The largest absolute Gasteiger partial charge is 0.469 e. The number of esters is 1. The van der Waals surface area contributed by atoms with Crippen LogP contribution < -0.4 is 0 Å². The Labute approximate surface area is 182 Å². The molecule has 0 aromatic rings. The lowest BCUT2D eigenvalue weighted by molar-refractivity contribution is -0.385. The van der Waals surface area contributed by atoms with Crippen LogP contribution in [0.4, 0.5) is 0 Å². The van der Waals surface area contributed by atoms with Crippen LogP contribution in [0.5, 0.6) is 0 Å². The fourth-order valence-electron chi connectivity index (χ4n) is 4.02. The Balaban J connectivity index is 1.46. The summed E-state index contributed by atoms with van der Waals surface area (Å²) in [5.41, 5.74) is 0. The molecule has 5 heteroatoms. The van der Waals surface area contributed by atoms with Crippen LogP contribution in [0.1, 0.15) is 83.5 Å². The Kier molecular flexibility index (Phi) is 12.7. The molecule has 0 N–H and O–H groups in total. The Bertz CT molecular complexity index is 534. The monoisotopic (exact) mass is 420 g/mol. The van der Waals surface area contributed by atoms with Gasteiger partial charge >= 0.3 is 5.97 Å². The Hall–Kier alpha value is -1.43. The van der Waals surface area contributed by atoms with Crippen molar-refractivity contribution in [3.63, 3.8) is 0 Å². The van der Waals surface area contributed by atoms with Crippen LogP contribution in [-0.4, -0.2) is 37.5 Å². The molecule has 0 spiro atoms. The fraction of sp³-hybridized carbons (Fsp3) is 0.720. The molecule has 5 nitrogen and oxygen atoms in total. The number of unbranched alkanes of at least 4 members (excludes halogenated alkanes) is 5. The Morgan fingerprint density at radius 3 is 2.37 bits per heavy atom. The van der Waals surface area contributed by atoms with E-state index in [2.05, 4.69) is 35.6 Å². The number of ether oxygens (including phenoxy) is 2. The third-order valence-electron chi connectivity index (χ3n) is 5.83. The van der Waals surface area contributed by atoms with Crippen molar-refractivity contribution in [3.8, 4) is 0 Å². The number of methoxy groups -OCH3 is 1. The van der Waals surface area contributed by atoms with Crippen LogP contribution in [0.2, 0.25) is 0 Å². The van der Waals surface area contributed by atoms with Crippen molar-refractivity contribution in [1.29, 1.82) is 0 Å². The molecule has 0 bridgehead atoms. The maximum absolute atomic E-state index is 11.3. The van der Waals surface area contributed by atoms with Gasteiger partial charge in [0.25, 0.3) is 0 Å². The lowest BCUT2D eigenvalue weighted by Gasteiger charge is -2.30. The average Bonchev–Trinajstić information content (AvgIpc) is 3.24. The normalized spacial score (nSPS) is 27.1. The van der Waals surface area contributed by atoms with E-state index in [1.165, 1.54) is 32.8 Å². The molecule has 30 heavy (non-hydrogen) atoms. The topological polar surface area (TPSA) is 54.0 Å². The van der Waals surface area contributed by atoms with E-state index in [1.807, 2.05) is 6.08 Å². The predicted octanol–water partition coefficient (Wildman–Crippen LogP) is 6.00. The SMILES string of the molecule is C=CCC/C=C\C=C/CCCCCC[C@H]1CC[C@H]([C@@H]2CC[C@@H](CC(=O)OC)OO2)O1. The fourth-order valence-corrected chi connectivity index (χ4v) is 4.02. The first-order valence-corrected chi connectivity index (χ1v) is 11.7. The van der Waals surface area contributed by atoms with Crippen LogP contribution in [0.3, 0.4) is 0 Å². The molecule has 0 aliphatic carbocycles. The van der Waals surface area contributed by atoms with Gasteiger partial charge in [0.1, 0.15) is 12.2 Å². The first-order valence-electron chi connectivity index (χ1n) is 11.7. The quantitative estimate of drug-likeness (QED) is 0.113. The lowest BCUT2D eigenvalue weighted by atomic mass is 10.0. The molecule has 0 aromatic heterocycles. The van der Waals surface area contributed by atoms with Crippen LogP contribution in [0.25, 0.3) is 0 Å². The van der Waals surface area contributed by atoms with E-state index in [0.717, 1.165) is 51.4 Å². The van der Waals surface area contributed by atoms with E-state index in [9.17, 15) is 4.79 Å². The van der Waals surface area contributed by atoms with Gasteiger partial charge < -0.3 is 9.47 Å². The van der Waals surface area contributed by atoms with Crippen molar-refractivity contribution in [2.24, 2.45) is 0 Å². The average molecular weight is 421 g/mol. The van der Waals surface area contributed by atoms with Crippen molar-refractivity contribution in [2.75, 3.05) is 7.11 Å². The van der Waals surface area contributed by atoms with E-state index in [-0.39, 0.29) is 30.7 Å². The van der Waals surface area contributed by atoms with Gasteiger partial charge in [0.2, 0.25) is 0 Å². The van der Waals surface area contributed by atoms with Crippen molar-refractivity contribution in [3.05, 3.63) is 37.0 Å². The molecule has 170 valence electrons. The van der Waals surface area contributed by atoms with Gasteiger partial charge in [-0.1, -0.05) is 49.6 Å². The minimum absolute atomic E-state index is 0.0125. The molecule has 0 radical (unpaired) electrons. The molecular formula is C25H40O5. The number of hydrogen-bond acceptors (Lipinski definition) is 5. The highest BCUT2D eigenvalue weighted by atomic mass is 17.2. The molecule has 2 fully saturated rings. The summed E-state index contributed by atoms with van der Waals surface area (Å²) in [7, 11) is 1.39. The highest BCUT2D eigenvalue weighted by Gasteiger charge is 2.36. The smallest absolute Gasteiger partial charge is 0.308 e. The van der Waals surface area contributed by atoms with Gasteiger partial charge in [-0.25, -0.2) is 9.78 Å². The minimum Gasteiger partial charge on any atom is -0.469 e. The Morgan fingerprint density at radius 1 is 0.900 bits per heavy atom. The summed E-state index contributed by atoms with van der Waals surface area (Å²) in [6.45, 7) is 3.72. The van der Waals surface area contributed by atoms with Crippen LogP contribution in [-0.2, 0) is 24.0 Å². The van der Waals surface area contributed by atoms with Crippen molar-refractivity contribution in [2.45, 2.75) is 108 Å². The number of allylic oxidation sites excluding steroid dienone is 5. The summed E-state index contributed by atoms with van der Waals surface area (Å²) in [6.07, 6.45) is 24.5. The van der Waals surface area contributed by atoms with Gasteiger partial charge in [0.15, 0.2) is 0 Å². The zero-order valence-corrected chi connectivity index (χ0v) is 18.6. The van der Waals surface area contributed by atoms with Gasteiger partial charge in [0.05, 0.1) is 25.7 Å². The van der Waals surface area contributed by atoms with E-state index in [1.54, 1.807) is 0 Å². The van der Waals surface area contributed by atoms with Gasteiger partial charge in [0, 0.05) is 0 Å². The van der Waals surface area contributed by atoms with Crippen LogP contribution in [0, 0.1) is 0 Å². The van der Waals surface area contributed by atoms with Crippen molar-refractivity contribution >= 4 is 5.97 Å². The molecule has 0 aromatic carbocycles. The third-order valence-corrected chi connectivity index (χ3v) is 5.83. The first-order chi connectivity index (χ1) is 14.7. The van der Waals surface area contributed by atoms with E-state index < -0.39 is 0 Å². The predicted molar refractivity (Wildman–Crippen MR) is 119 cm³/mol. The standard InChI is InChI=1S/C25H40O5/c1-3-4-5-6-7-8-9-10-11-12-13-14-15-21-16-18-23(28-21)24-19-17-22(29-30-24)20-25(26)27-2/h3,6-9,21-24H,1,4-5,10-20H2,2H3/b7-6-,9-8-/t21-,22-,23+,24-/m0/s1. The lowest BCUT2D eigenvalue weighted by Crippen LogP contribution is -2.37. The number of rotatable bonds is 14. The second kappa shape index (κ2) is 15.4. The van der Waals surface area contributed by atoms with Crippen LogP contribution >= 0.6 is 0 Å². The van der Waals surface area contributed by atoms with Gasteiger partial charge in [-0.3, -0.25) is 4.79 Å². The molecule has 4 atom stereocenters. The third kappa shape index (κ3) is 10.1. The number of hydrogen-bond donors (Lipinski definition) is 0.